The molecule has 1 unspecified atom stereocenters. The van der Waals surface area contributed by atoms with E-state index in [9.17, 15) is 0 Å². The SMILES string of the molecule is C=CC/C(=N\C(NC(=C)N(CCCC)CCCI)N(CCCC)CCCCC)C(C)(CC)CC. The highest BCUT2D eigenvalue weighted by Gasteiger charge is 2.28. The van der Waals surface area contributed by atoms with Gasteiger partial charge >= 0.3 is 0 Å². The van der Waals surface area contributed by atoms with E-state index >= 15 is 0 Å². The van der Waals surface area contributed by atoms with Gasteiger partial charge in [-0.3, -0.25) is 9.89 Å². The van der Waals surface area contributed by atoms with Gasteiger partial charge in [0.1, 0.15) is 0 Å². The van der Waals surface area contributed by atoms with Crippen molar-refractivity contribution >= 4 is 28.3 Å². The summed E-state index contributed by atoms with van der Waals surface area (Å²) in [6.45, 7) is 26.6. The van der Waals surface area contributed by atoms with Gasteiger partial charge in [-0.1, -0.05) is 102 Å². The Kier molecular flexibility index (Phi) is 20.3. The maximum atomic E-state index is 5.47. The maximum Gasteiger partial charge on any atom is 0.177 e. The fraction of sp³-hybridized carbons (Fsp3) is 0.828. The van der Waals surface area contributed by atoms with E-state index in [0.29, 0.717) is 0 Å². The van der Waals surface area contributed by atoms with Gasteiger partial charge in [-0.05, 0) is 38.5 Å². The number of hydrogen-bond donors (Lipinski definition) is 1. The first-order valence-electron chi connectivity index (χ1n) is 14.1. The monoisotopic (exact) mass is 588 g/mol. The van der Waals surface area contributed by atoms with Gasteiger partial charge in [0, 0.05) is 48.2 Å². The van der Waals surface area contributed by atoms with Gasteiger partial charge in [0.2, 0.25) is 0 Å². The van der Waals surface area contributed by atoms with E-state index in [4.69, 9.17) is 4.99 Å². The van der Waals surface area contributed by atoms with Crippen molar-refractivity contribution in [1.82, 2.24) is 15.1 Å². The highest BCUT2D eigenvalue weighted by Crippen LogP contribution is 2.30. The molecule has 0 amide bonds. The largest absolute Gasteiger partial charge is 0.359 e. The summed E-state index contributed by atoms with van der Waals surface area (Å²) >= 11 is 2.48. The van der Waals surface area contributed by atoms with Crippen LogP contribution in [0.15, 0.2) is 30.0 Å². The van der Waals surface area contributed by atoms with Gasteiger partial charge in [-0.2, -0.15) is 0 Å². The molecule has 0 fully saturated rings. The summed E-state index contributed by atoms with van der Waals surface area (Å²) in [6, 6.07) is 0. The van der Waals surface area contributed by atoms with E-state index < -0.39 is 0 Å². The van der Waals surface area contributed by atoms with E-state index in [1.165, 1.54) is 61.5 Å². The summed E-state index contributed by atoms with van der Waals surface area (Å²) in [5, 5.41) is 3.81. The van der Waals surface area contributed by atoms with Gasteiger partial charge < -0.3 is 10.2 Å². The molecule has 0 aliphatic heterocycles. The van der Waals surface area contributed by atoms with Crippen molar-refractivity contribution < 1.29 is 0 Å². The molecule has 0 saturated carbocycles. The molecule has 0 saturated heterocycles. The number of aliphatic imine (C=N–C) groups is 1. The van der Waals surface area contributed by atoms with Crippen LogP contribution in [0.4, 0.5) is 0 Å². The molecule has 0 aliphatic rings. The van der Waals surface area contributed by atoms with Crippen molar-refractivity contribution in [1.29, 1.82) is 0 Å². The van der Waals surface area contributed by atoms with Gasteiger partial charge in [0.15, 0.2) is 6.29 Å². The van der Waals surface area contributed by atoms with Crippen molar-refractivity contribution in [2.75, 3.05) is 30.6 Å². The van der Waals surface area contributed by atoms with Gasteiger partial charge in [-0.25, -0.2) is 0 Å². The molecule has 200 valence electrons. The molecule has 0 heterocycles. The van der Waals surface area contributed by atoms with Crippen LogP contribution in [0.5, 0.6) is 0 Å². The Morgan fingerprint density at radius 2 is 1.47 bits per heavy atom. The molecular formula is C29H57IN4. The zero-order valence-electron chi connectivity index (χ0n) is 23.6. The first-order chi connectivity index (χ1) is 16.4. The highest BCUT2D eigenvalue weighted by molar-refractivity contribution is 14.1. The molecule has 0 rings (SSSR count). The molecule has 0 spiro atoms. The van der Waals surface area contributed by atoms with Crippen molar-refractivity contribution in [3.63, 3.8) is 0 Å². The van der Waals surface area contributed by atoms with Crippen molar-refractivity contribution in [2.24, 2.45) is 10.4 Å². The second-order valence-electron chi connectivity index (χ2n) is 9.78. The van der Waals surface area contributed by atoms with E-state index in [1.54, 1.807) is 0 Å². The number of rotatable bonds is 23. The Morgan fingerprint density at radius 1 is 0.912 bits per heavy atom. The second kappa shape index (κ2) is 20.6. The van der Waals surface area contributed by atoms with Gasteiger partial charge in [0.05, 0.1) is 5.82 Å². The Hall–Kier alpha value is -0.560. The average Bonchev–Trinajstić information content (AvgIpc) is 2.84. The van der Waals surface area contributed by atoms with Crippen molar-refractivity contribution in [3.8, 4) is 0 Å². The average molecular weight is 589 g/mol. The number of hydrogen-bond acceptors (Lipinski definition) is 4. The van der Waals surface area contributed by atoms with Crippen LogP contribution >= 0.6 is 22.6 Å². The van der Waals surface area contributed by atoms with Crippen molar-refractivity contribution in [2.45, 2.75) is 118 Å². The van der Waals surface area contributed by atoms with Crippen molar-refractivity contribution in [3.05, 3.63) is 25.1 Å². The number of nitrogens with zero attached hydrogens (tertiary/aromatic N) is 3. The van der Waals surface area contributed by atoms with Crippen LogP contribution < -0.4 is 5.32 Å². The van der Waals surface area contributed by atoms with Crippen LogP contribution in [-0.2, 0) is 0 Å². The first kappa shape index (κ1) is 33.4. The normalized spacial score (nSPS) is 13.2. The third-order valence-corrected chi connectivity index (χ3v) is 7.85. The molecule has 0 aromatic carbocycles. The fourth-order valence-electron chi connectivity index (χ4n) is 4.11. The van der Waals surface area contributed by atoms with E-state index in [0.717, 1.165) is 51.3 Å². The summed E-state index contributed by atoms with van der Waals surface area (Å²) in [5.41, 5.74) is 1.36. The smallest absolute Gasteiger partial charge is 0.177 e. The van der Waals surface area contributed by atoms with Gasteiger partial charge in [0.25, 0.3) is 0 Å². The van der Waals surface area contributed by atoms with Crippen LogP contribution in [-0.4, -0.2) is 52.4 Å². The summed E-state index contributed by atoms with van der Waals surface area (Å²) in [6.07, 6.45) is 14.6. The lowest BCUT2D eigenvalue weighted by Gasteiger charge is -2.37. The summed E-state index contributed by atoms with van der Waals surface area (Å²) in [5.74, 6) is 1.02. The predicted molar refractivity (Wildman–Crippen MR) is 163 cm³/mol. The summed E-state index contributed by atoms with van der Waals surface area (Å²) in [7, 11) is 0. The van der Waals surface area contributed by atoms with Crippen LogP contribution in [0.2, 0.25) is 0 Å². The Balaban J connectivity index is 6.15. The van der Waals surface area contributed by atoms with Crippen LogP contribution in [0.25, 0.3) is 0 Å². The Labute approximate surface area is 227 Å². The van der Waals surface area contributed by atoms with Crippen LogP contribution in [0, 0.1) is 5.41 Å². The molecular weight excluding hydrogens is 531 g/mol. The predicted octanol–water partition coefficient (Wildman–Crippen LogP) is 8.39. The Bertz CT molecular complexity index is 548. The number of nitrogens with one attached hydrogen (secondary N) is 1. The van der Waals surface area contributed by atoms with E-state index in [1.807, 2.05) is 6.08 Å². The summed E-state index contributed by atoms with van der Waals surface area (Å²) < 4.78 is 1.17. The van der Waals surface area contributed by atoms with Crippen LogP contribution in [0.3, 0.4) is 0 Å². The molecule has 0 aliphatic carbocycles. The lowest BCUT2D eigenvalue weighted by molar-refractivity contribution is 0.157. The second-order valence-corrected chi connectivity index (χ2v) is 10.9. The standard InChI is InChI=1S/C29H57IN4/c1-9-15-18-24-34(23-17-11-3)28(32-27(20-12-4)29(8,13-5)14-6)31-26(7)33(22-16-10-2)25-19-21-30/h12,28,31H,4,7,9-11,13-25H2,1-3,5-6,8H3/b32-27+. The van der Waals surface area contributed by atoms with Gasteiger partial charge in [-0.15, -0.1) is 6.58 Å². The number of alkyl halides is 1. The quantitative estimate of drug-likeness (QED) is 0.0325. The molecule has 0 radical (unpaired) electrons. The van der Waals surface area contributed by atoms with E-state index in [-0.39, 0.29) is 11.7 Å². The lowest BCUT2D eigenvalue weighted by Crippen LogP contribution is -2.49. The molecule has 1 atom stereocenters. The zero-order valence-corrected chi connectivity index (χ0v) is 25.8. The van der Waals surface area contributed by atoms with Crippen LogP contribution in [0.1, 0.15) is 112 Å². The minimum Gasteiger partial charge on any atom is -0.359 e. The number of halogens is 1. The minimum atomic E-state index is -0.0768. The Morgan fingerprint density at radius 3 is 2.00 bits per heavy atom. The third kappa shape index (κ3) is 12.9. The zero-order chi connectivity index (χ0) is 25.8. The molecule has 0 bridgehead atoms. The molecule has 4 nitrogen and oxygen atoms in total. The maximum absolute atomic E-state index is 5.47. The summed E-state index contributed by atoms with van der Waals surface area (Å²) in [4.78, 5) is 10.5. The molecule has 0 aromatic heterocycles. The molecule has 1 N–H and O–H groups in total. The number of allylic oxidation sites excluding steroid dienone is 1. The molecule has 0 aromatic rings. The first-order valence-corrected chi connectivity index (χ1v) is 15.6. The topological polar surface area (TPSA) is 30.9 Å². The minimum absolute atomic E-state index is 0.0768. The lowest BCUT2D eigenvalue weighted by atomic mass is 9.78. The molecule has 34 heavy (non-hydrogen) atoms. The third-order valence-electron chi connectivity index (χ3n) is 7.09. The fourth-order valence-corrected chi connectivity index (χ4v) is 4.45. The number of unbranched alkanes of at least 4 members (excludes halogenated alkanes) is 4. The molecule has 5 heteroatoms. The van der Waals surface area contributed by atoms with E-state index in [2.05, 4.69) is 92.4 Å². The highest BCUT2D eigenvalue weighted by atomic mass is 127.